The van der Waals surface area contributed by atoms with E-state index >= 15 is 0 Å². The largest absolute Gasteiger partial charge is 0.399 e. The van der Waals surface area contributed by atoms with E-state index in [1.54, 1.807) is 30.0 Å². The highest BCUT2D eigenvalue weighted by Gasteiger charge is 2.34. The molecule has 1 heterocycles. The Morgan fingerprint density at radius 2 is 2.24 bits per heavy atom. The number of aliphatic hydroxyl groups is 1. The van der Waals surface area contributed by atoms with E-state index in [9.17, 15) is 9.90 Å². The summed E-state index contributed by atoms with van der Waals surface area (Å²) in [5.74, 6) is -0.142. The third-order valence-electron chi connectivity index (χ3n) is 2.91. The third kappa shape index (κ3) is 2.70. The number of carbonyl (C=O) groups excluding carboxylic acids is 1. The second-order valence-electron chi connectivity index (χ2n) is 4.75. The summed E-state index contributed by atoms with van der Waals surface area (Å²) >= 11 is 5.86. The Bertz CT molecular complexity index is 440. The van der Waals surface area contributed by atoms with Gasteiger partial charge in [-0.05, 0) is 31.5 Å². The van der Waals surface area contributed by atoms with Gasteiger partial charge in [0.05, 0.1) is 5.60 Å². The van der Waals surface area contributed by atoms with Crippen LogP contribution < -0.4 is 5.73 Å². The van der Waals surface area contributed by atoms with Gasteiger partial charge >= 0.3 is 0 Å². The smallest absolute Gasteiger partial charge is 0.254 e. The molecule has 0 aromatic heterocycles. The monoisotopic (exact) mass is 254 g/mol. The zero-order valence-corrected chi connectivity index (χ0v) is 10.4. The summed E-state index contributed by atoms with van der Waals surface area (Å²) in [6.45, 7) is 2.63. The number of nitrogens with zero attached hydrogens (tertiary/aromatic N) is 1. The number of carbonyl (C=O) groups is 1. The Morgan fingerprint density at radius 3 is 2.76 bits per heavy atom. The van der Waals surface area contributed by atoms with Gasteiger partial charge in [0.15, 0.2) is 0 Å². The molecule has 17 heavy (non-hydrogen) atoms. The van der Waals surface area contributed by atoms with Crippen LogP contribution in [0.1, 0.15) is 23.7 Å². The Kier molecular flexibility index (Phi) is 3.02. The average Bonchev–Trinajstić information content (AvgIpc) is 2.56. The van der Waals surface area contributed by atoms with Crippen molar-refractivity contribution >= 4 is 23.2 Å². The first-order valence-electron chi connectivity index (χ1n) is 5.45. The Balaban J connectivity index is 2.20. The predicted molar refractivity (Wildman–Crippen MR) is 67.0 cm³/mol. The molecule has 1 aromatic carbocycles. The first-order valence-corrected chi connectivity index (χ1v) is 5.83. The SMILES string of the molecule is CC1(O)CCN(C(=O)c2cc(N)cc(Cl)c2)C1. The zero-order chi connectivity index (χ0) is 12.6. The topological polar surface area (TPSA) is 66.6 Å². The fraction of sp³-hybridized carbons (Fsp3) is 0.417. The van der Waals surface area contributed by atoms with E-state index in [0.29, 0.717) is 35.8 Å². The number of hydrogen-bond acceptors (Lipinski definition) is 3. The van der Waals surface area contributed by atoms with Crippen LogP contribution in [0.25, 0.3) is 0 Å². The minimum Gasteiger partial charge on any atom is -0.399 e. The fourth-order valence-corrected chi connectivity index (χ4v) is 2.28. The van der Waals surface area contributed by atoms with Crippen LogP contribution in [0.2, 0.25) is 5.02 Å². The Morgan fingerprint density at radius 1 is 1.53 bits per heavy atom. The van der Waals surface area contributed by atoms with E-state index in [1.807, 2.05) is 0 Å². The molecule has 1 aromatic rings. The molecular weight excluding hydrogens is 240 g/mol. The van der Waals surface area contributed by atoms with Crippen molar-refractivity contribution in [3.05, 3.63) is 28.8 Å². The molecule has 1 unspecified atom stereocenters. The maximum atomic E-state index is 12.1. The molecule has 1 aliphatic rings. The van der Waals surface area contributed by atoms with Gasteiger partial charge in [-0.3, -0.25) is 4.79 Å². The number of likely N-dealkylation sites (tertiary alicyclic amines) is 1. The highest BCUT2D eigenvalue weighted by Crippen LogP contribution is 2.24. The summed E-state index contributed by atoms with van der Waals surface area (Å²) in [6.07, 6.45) is 0.592. The van der Waals surface area contributed by atoms with E-state index in [2.05, 4.69) is 0 Å². The second-order valence-corrected chi connectivity index (χ2v) is 5.18. The molecule has 1 atom stereocenters. The van der Waals surface area contributed by atoms with Gasteiger partial charge in [0.2, 0.25) is 0 Å². The molecule has 3 N–H and O–H groups in total. The van der Waals surface area contributed by atoms with Crippen LogP contribution in [0, 0.1) is 0 Å². The van der Waals surface area contributed by atoms with Crippen molar-refractivity contribution < 1.29 is 9.90 Å². The first-order chi connectivity index (χ1) is 7.87. The van der Waals surface area contributed by atoms with Crippen LogP contribution in [0.3, 0.4) is 0 Å². The predicted octanol–water partition coefficient (Wildman–Crippen LogP) is 1.52. The van der Waals surface area contributed by atoms with Crippen LogP contribution in [0.15, 0.2) is 18.2 Å². The summed E-state index contributed by atoms with van der Waals surface area (Å²) < 4.78 is 0. The number of amides is 1. The van der Waals surface area contributed by atoms with Crippen molar-refractivity contribution in [1.29, 1.82) is 0 Å². The maximum absolute atomic E-state index is 12.1. The lowest BCUT2D eigenvalue weighted by Gasteiger charge is -2.19. The molecule has 0 aliphatic carbocycles. The lowest BCUT2D eigenvalue weighted by Crippen LogP contribution is -2.33. The van der Waals surface area contributed by atoms with Crippen molar-refractivity contribution in [2.45, 2.75) is 18.9 Å². The van der Waals surface area contributed by atoms with Crippen LogP contribution >= 0.6 is 11.6 Å². The molecular formula is C12H15ClN2O2. The Labute approximate surface area is 105 Å². The molecule has 1 saturated heterocycles. The molecule has 1 amide bonds. The van der Waals surface area contributed by atoms with Crippen molar-refractivity contribution in [3.63, 3.8) is 0 Å². The van der Waals surface area contributed by atoms with Crippen LogP contribution in [0.5, 0.6) is 0 Å². The average molecular weight is 255 g/mol. The number of anilines is 1. The zero-order valence-electron chi connectivity index (χ0n) is 9.61. The first kappa shape index (κ1) is 12.2. The number of hydrogen-bond donors (Lipinski definition) is 2. The molecule has 5 heteroatoms. The molecule has 2 rings (SSSR count). The van der Waals surface area contributed by atoms with Crippen LogP contribution in [-0.4, -0.2) is 34.6 Å². The molecule has 1 fully saturated rings. The molecule has 0 spiro atoms. The molecule has 1 aliphatic heterocycles. The quantitative estimate of drug-likeness (QED) is 0.747. The minimum absolute atomic E-state index is 0.142. The van der Waals surface area contributed by atoms with Crippen molar-refractivity contribution in [1.82, 2.24) is 4.90 Å². The van der Waals surface area contributed by atoms with Gasteiger partial charge in [-0.1, -0.05) is 11.6 Å². The number of nitrogens with two attached hydrogens (primary N) is 1. The van der Waals surface area contributed by atoms with Gasteiger partial charge in [-0.2, -0.15) is 0 Å². The van der Waals surface area contributed by atoms with E-state index < -0.39 is 5.60 Å². The number of rotatable bonds is 1. The second kappa shape index (κ2) is 4.20. The van der Waals surface area contributed by atoms with Gasteiger partial charge in [0.25, 0.3) is 5.91 Å². The number of β-amino-alcohol motifs (C(OH)–C–C–N with tert-alkyl or cyclic N) is 1. The normalized spacial score (nSPS) is 24.1. The molecule has 4 nitrogen and oxygen atoms in total. The van der Waals surface area contributed by atoms with Crippen molar-refractivity contribution in [2.75, 3.05) is 18.8 Å². The third-order valence-corrected chi connectivity index (χ3v) is 3.12. The van der Waals surface area contributed by atoms with Gasteiger partial charge < -0.3 is 15.7 Å². The summed E-state index contributed by atoms with van der Waals surface area (Å²) in [6, 6.07) is 4.78. The standard InChI is InChI=1S/C12H15ClN2O2/c1-12(17)2-3-15(7-12)11(16)8-4-9(13)6-10(14)5-8/h4-6,17H,2-3,7,14H2,1H3. The van der Waals surface area contributed by atoms with E-state index in [4.69, 9.17) is 17.3 Å². The molecule has 0 bridgehead atoms. The molecule has 92 valence electrons. The van der Waals surface area contributed by atoms with Crippen LogP contribution in [0.4, 0.5) is 5.69 Å². The summed E-state index contributed by atoms with van der Waals surface area (Å²) in [4.78, 5) is 13.8. The number of nitrogen functional groups attached to an aromatic ring is 1. The lowest BCUT2D eigenvalue weighted by atomic mass is 10.1. The van der Waals surface area contributed by atoms with Gasteiger partial charge in [0, 0.05) is 29.4 Å². The lowest BCUT2D eigenvalue weighted by molar-refractivity contribution is 0.0572. The fourth-order valence-electron chi connectivity index (χ4n) is 2.04. The highest BCUT2D eigenvalue weighted by molar-refractivity contribution is 6.31. The van der Waals surface area contributed by atoms with Crippen molar-refractivity contribution in [2.24, 2.45) is 0 Å². The van der Waals surface area contributed by atoms with E-state index in [-0.39, 0.29) is 5.91 Å². The number of benzene rings is 1. The number of halogens is 1. The summed E-state index contributed by atoms with van der Waals surface area (Å²) in [7, 11) is 0. The summed E-state index contributed by atoms with van der Waals surface area (Å²) in [5.41, 5.74) is 5.78. The summed E-state index contributed by atoms with van der Waals surface area (Å²) in [5, 5.41) is 10.3. The van der Waals surface area contributed by atoms with Gasteiger partial charge in [0.1, 0.15) is 0 Å². The molecule has 0 saturated carbocycles. The maximum Gasteiger partial charge on any atom is 0.254 e. The van der Waals surface area contributed by atoms with Crippen molar-refractivity contribution in [3.8, 4) is 0 Å². The molecule has 0 radical (unpaired) electrons. The van der Waals surface area contributed by atoms with Crippen LogP contribution in [-0.2, 0) is 0 Å². The Hall–Kier alpha value is -1.26. The van der Waals surface area contributed by atoms with E-state index in [1.165, 1.54) is 0 Å². The highest BCUT2D eigenvalue weighted by atomic mass is 35.5. The van der Waals surface area contributed by atoms with Gasteiger partial charge in [-0.25, -0.2) is 0 Å². The minimum atomic E-state index is -0.792. The van der Waals surface area contributed by atoms with Gasteiger partial charge in [-0.15, -0.1) is 0 Å². The van der Waals surface area contributed by atoms with E-state index in [0.717, 1.165) is 0 Å².